The Hall–Kier alpha value is -3.63. The van der Waals surface area contributed by atoms with Crippen LogP contribution < -0.4 is 20.1 Å². The number of hydrogen-bond acceptors (Lipinski definition) is 6. The summed E-state index contributed by atoms with van der Waals surface area (Å²) >= 11 is 0. The van der Waals surface area contributed by atoms with Gasteiger partial charge < -0.3 is 20.1 Å². The number of rotatable bonds is 9. The van der Waals surface area contributed by atoms with E-state index in [0.717, 1.165) is 10.9 Å². The lowest BCUT2D eigenvalue weighted by Crippen LogP contribution is -2.53. The maximum absolute atomic E-state index is 13.4. The molecule has 2 N–H and O–H groups in total. The molecule has 4 rings (SSSR count). The molecule has 1 fully saturated rings. The van der Waals surface area contributed by atoms with Gasteiger partial charge in [0.25, 0.3) is 0 Å². The van der Waals surface area contributed by atoms with Crippen molar-refractivity contribution in [3.8, 4) is 11.5 Å². The van der Waals surface area contributed by atoms with Crippen molar-refractivity contribution >= 4 is 32.6 Å². The number of amides is 2. The van der Waals surface area contributed by atoms with Crippen LogP contribution in [0.2, 0.25) is 0 Å². The number of piperidine rings is 1. The first kappa shape index (κ1) is 27.4. The Kier molecular flexibility index (Phi) is 8.53. The lowest BCUT2D eigenvalue weighted by atomic mass is 10.0. The molecule has 3 aromatic rings. The van der Waals surface area contributed by atoms with Crippen molar-refractivity contribution in [1.29, 1.82) is 0 Å². The van der Waals surface area contributed by atoms with Crippen LogP contribution in [0.5, 0.6) is 11.5 Å². The Balaban J connectivity index is 1.43. The van der Waals surface area contributed by atoms with Gasteiger partial charge in [0.15, 0.2) is 0 Å². The minimum atomic E-state index is -3.69. The highest BCUT2D eigenvalue weighted by molar-refractivity contribution is 7.89. The first-order valence-electron chi connectivity index (χ1n) is 12.5. The standard InChI is InChI=1S/C28H33N3O6S/c1-19(32)29-25(18-21-17-23(36-2)11-12-26(21)37-3)28(33)30-22-13-15-31(16-14-22)38(34,35)27-10-6-8-20-7-4-5-9-24(20)27/h4-12,17,22,25H,13-16,18H2,1-3H3,(H,29,32)(H,30,33)/t25-/m1/s1. The fourth-order valence-corrected chi connectivity index (χ4v) is 6.50. The SMILES string of the molecule is COc1ccc(OC)c(C[C@@H](NC(C)=O)C(=O)NC2CCN(S(=O)(=O)c3cccc4ccccc34)CC2)c1. The van der Waals surface area contributed by atoms with Crippen molar-refractivity contribution < 1.29 is 27.5 Å². The van der Waals surface area contributed by atoms with Gasteiger partial charge in [-0.3, -0.25) is 9.59 Å². The third-order valence-electron chi connectivity index (χ3n) is 6.77. The average molecular weight is 540 g/mol. The third kappa shape index (κ3) is 6.08. The lowest BCUT2D eigenvalue weighted by Gasteiger charge is -2.32. The number of nitrogens with zero attached hydrogens (tertiary/aromatic N) is 1. The molecule has 0 saturated carbocycles. The van der Waals surface area contributed by atoms with Crippen molar-refractivity contribution in [1.82, 2.24) is 14.9 Å². The fraction of sp³-hybridized carbons (Fsp3) is 0.357. The number of nitrogens with one attached hydrogen (secondary N) is 2. The monoisotopic (exact) mass is 539 g/mol. The second-order valence-electron chi connectivity index (χ2n) is 9.30. The number of carbonyl (C=O) groups is 2. The van der Waals surface area contributed by atoms with Crippen LogP contribution in [-0.2, 0) is 26.0 Å². The Morgan fingerprint density at radius 1 is 1.00 bits per heavy atom. The Labute approximate surface area is 223 Å². The van der Waals surface area contributed by atoms with Crippen molar-refractivity contribution in [2.75, 3.05) is 27.3 Å². The number of hydrogen-bond donors (Lipinski definition) is 2. The van der Waals surface area contributed by atoms with Crippen LogP contribution in [0.3, 0.4) is 0 Å². The maximum Gasteiger partial charge on any atom is 0.243 e. The minimum absolute atomic E-state index is 0.208. The molecule has 2 amide bonds. The van der Waals surface area contributed by atoms with E-state index in [1.165, 1.54) is 11.2 Å². The molecule has 0 radical (unpaired) electrons. The van der Waals surface area contributed by atoms with Crippen molar-refractivity contribution in [3.05, 3.63) is 66.2 Å². The first-order chi connectivity index (χ1) is 18.2. The predicted molar refractivity (Wildman–Crippen MR) is 145 cm³/mol. The first-order valence-corrected chi connectivity index (χ1v) is 13.9. The second kappa shape index (κ2) is 11.8. The number of fused-ring (bicyclic) bond motifs is 1. The number of ether oxygens (including phenoxy) is 2. The van der Waals surface area contributed by atoms with E-state index in [-0.39, 0.29) is 42.3 Å². The summed E-state index contributed by atoms with van der Waals surface area (Å²) in [5, 5.41) is 7.29. The molecule has 0 spiro atoms. The summed E-state index contributed by atoms with van der Waals surface area (Å²) in [6.07, 6.45) is 1.14. The topological polar surface area (TPSA) is 114 Å². The maximum atomic E-state index is 13.4. The van der Waals surface area contributed by atoms with E-state index < -0.39 is 16.1 Å². The van der Waals surface area contributed by atoms with Crippen molar-refractivity contribution in [2.45, 2.75) is 43.2 Å². The summed E-state index contributed by atoms with van der Waals surface area (Å²) in [5.74, 6) is 0.534. The lowest BCUT2D eigenvalue weighted by molar-refractivity contribution is -0.128. The van der Waals surface area contributed by atoms with E-state index in [1.807, 2.05) is 30.3 Å². The molecular formula is C28H33N3O6S. The molecule has 1 saturated heterocycles. The summed E-state index contributed by atoms with van der Waals surface area (Å²) < 4.78 is 39.1. The van der Waals surface area contributed by atoms with Crippen LogP contribution in [0.25, 0.3) is 10.8 Å². The van der Waals surface area contributed by atoms with E-state index in [0.29, 0.717) is 29.7 Å². The Morgan fingerprint density at radius 2 is 1.71 bits per heavy atom. The van der Waals surface area contributed by atoms with Gasteiger partial charge in [-0.15, -0.1) is 0 Å². The molecule has 0 bridgehead atoms. The zero-order chi connectivity index (χ0) is 27.3. The van der Waals surface area contributed by atoms with Crippen LogP contribution >= 0.6 is 0 Å². The molecule has 0 aliphatic carbocycles. The Bertz CT molecular complexity index is 1410. The van der Waals surface area contributed by atoms with Crippen LogP contribution in [0.4, 0.5) is 0 Å². The van der Waals surface area contributed by atoms with E-state index >= 15 is 0 Å². The van der Waals surface area contributed by atoms with Gasteiger partial charge in [0, 0.05) is 43.4 Å². The van der Waals surface area contributed by atoms with Gasteiger partial charge in [-0.05, 0) is 42.5 Å². The molecule has 38 heavy (non-hydrogen) atoms. The van der Waals surface area contributed by atoms with Crippen molar-refractivity contribution in [3.63, 3.8) is 0 Å². The van der Waals surface area contributed by atoms with Gasteiger partial charge >= 0.3 is 0 Å². The van der Waals surface area contributed by atoms with Gasteiger partial charge in [0.2, 0.25) is 21.8 Å². The summed E-state index contributed by atoms with van der Waals surface area (Å²) in [6, 6.07) is 16.9. The second-order valence-corrected chi connectivity index (χ2v) is 11.2. The highest BCUT2D eigenvalue weighted by atomic mass is 32.2. The average Bonchev–Trinajstić information content (AvgIpc) is 2.92. The summed E-state index contributed by atoms with van der Waals surface area (Å²) in [7, 11) is -0.597. The molecule has 3 aromatic carbocycles. The zero-order valence-corrected chi connectivity index (χ0v) is 22.6. The minimum Gasteiger partial charge on any atom is -0.497 e. The van der Waals surface area contributed by atoms with Gasteiger partial charge in [-0.25, -0.2) is 8.42 Å². The molecule has 0 unspecified atom stereocenters. The predicted octanol–water partition coefficient (Wildman–Crippen LogP) is 2.87. The van der Waals surface area contributed by atoms with Crippen molar-refractivity contribution in [2.24, 2.45) is 0 Å². The molecular weight excluding hydrogens is 506 g/mol. The summed E-state index contributed by atoms with van der Waals surface area (Å²) in [6.45, 7) is 1.93. The summed E-state index contributed by atoms with van der Waals surface area (Å²) in [4.78, 5) is 25.4. The zero-order valence-electron chi connectivity index (χ0n) is 21.8. The van der Waals surface area contributed by atoms with Gasteiger partial charge in [0.1, 0.15) is 17.5 Å². The number of methoxy groups -OCH3 is 2. The number of sulfonamides is 1. The van der Waals surface area contributed by atoms with Crippen LogP contribution in [0.15, 0.2) is 65.6 Å². The quantitative estimate of drug-likeness (QED) is 0.432. The molecule has 10 heteroatoms. The molecule has 1 aliphatic heterocycles. The molecule has 1 atom stereocenters. The van der Waals surface area contributed by atoms with Crippen LogP contribution in [0, 0.1) is 0 Å². The molecule has 1 aliphatic rings. The Morgan fingerprint density at radius 3 is 2.39 bits per heavy atom. The van der Waals surface area contributed by atoms with E-state index in [1.54, 1.807) is 44.6 Å². The summed E-state index contributed by atoms with van der Waals surface area (Å²) in [5.41, 5.74) is 0.719. The number of benzene rings is 3. The van der Waals surface area contributed by atoms with Crippen LogP contribution in [0.1, 0.15) is 25.3 Å². The molecule has 202 valence electrons. The highest BCUT2D eigenvalue weighted by Crippen LogP contribution is 2.28. The van der Waals surface area contributed by atoms with Crippen LogP contribution in [-0.4, -0.2) is 63.9 Å². The van der Waals surface area contributed by atoms with Gasteiger partial charge in [-0.1, -0.05) is 36.4 Å². The van der Waals surface area contributed by atoms with E-state index in [9.17, 15) is 18.0 Å². The normalized spacial score (nSPS) is 15.6. The number of carbonyl (C=O) groups excluding carboxylic acids is 2. The molecule has 1 heterocycles. The van der Waals surface area contributed by atoms with E-state index in [2.05, 4.69) is 10.6 Å². The molecule has 0 aromatic heterocycles. The van der Waals surface area contributed by atoms with E-state index in [4.69, 9.17) is 9.47 Å². The largest absolute Gasteiger partial charge is 0.497 e. The fourth-order valence-electron chi connectivity index (χ4n) is 4.82. The third-order valence-corrected chi connectivity index (χ3v) is 8.73. The highest BCUT2D eigenvalue weighted by Gasteiger charge is 2.32. The van der Waals surface area contributed by atoms with Gasteiger partial charge in [0.05, 0.1) is 19.1 Å². The van der Waals surface area contributed by atoms with Gasteiger partial charge in [-0.2, -0.15) is 4.31 Å². The molecule has 9 nitrogen and oxygen atoms in total. The smallest absolute Gasteiger partial charge is 0.243 e.